The molecule has 0 aliphatic carbocycles. The van der Waals surface area contributed by atoms with Crippen LogP contribution in [0.5, 0.6) is 0 Å². The molecule has 0 aliphatic rings. The van der Waals surface area contributed by atoms with E-state index in [1.165, 1.54) is 6.08 Å². The molecule has 0 N–H and O–H groups in total. The molecule has 3 heteroatoms. The summed E-state index contributed by atoms with van der Waals surface area (Å²) < 4.78 is 4.72. The molecule has 3 nitrogen and oxygen atoms in total. The summed E-state index contributed by atoms with van der Waals surface area (Å²) in [4.78, 5) is 23.2. The summed E-state index contributed by atoms with van der Waals surface area (Å²) >= 11 is 0. The summed E-state index contributed by atoms with van der Waals surface area (Å²) in [5.74, 6) is -1.33. The second-order valence-electron chi connectivity index (χ2n) is 4.32. The third-order valence-electron chi connectivity index (χ3n) is 2.69. The number of hydrogen-bond donors (Lipinski definition) is 0. The zero-order chi connectivity index (χ0) is 14.4. The Morgan fingerprint density at radius 2 is 1.60 bits per heavy atom. The zero-order valence-electron chi connectivity index (χ0n) is 11.1. The van der Waals surface area contributed by atoms with Crippen molar-refractivity contribution < 1.29 is 14.3 Å². The third-order valence-corrected chi connectivity index (χ3v) is 2.69. The highest BCUT2D eigenvalue weighted by atomic mass is 16.6. The maximum absolute atomic E-state index is 11.6. The van der Waals surface area contributed by atoms with Crippen LogP contribution in [0.15, 0.2) is 60.7 Å². The van der Waals surface area contributed by atoms with E-state index in [0.717, 1.165) is 11.1 Å². The Labute approximate surface area is 117 Å². The van der Waals surface area contributed by atoms with Crippen molar-refractivity contribution in [1.29, 1.82) is 0 Å². The number of benzene rings is 2. The molecule has 2 aromatic rings. The van der Waals surface area contributed by atoms with Crippen molar-refractivity contribution in [3.8, 4) is 0 Å². The maximum Gasteiger partial charge on any atom is 0.346 e. The molecule has 20 heavy (non-hydrogen) atoms. The van der Waals surface area contributed by atoms with Crippen molar-refractivity contribution in [2.75, 3.05) is 0 Å². The number of hydrogen-bond acceptors (Lipinski definition) is 3. The smallest absolute Gasteiger partial charge is 0.346 e. The van der Waals surface area contributed by atoms with E-state index in [0.29, 0.717) is 5.56 Å². The molecule has 0 heterocycles. The fourth-order valence-electron chi connectivity index (χ4n) is 1.60. The van der Waals surface area contributed by atoms with Crippen LogP contribution in [0.4, 0.5) is 0 Å². The highest BCUT2D eigenvalue weighted by Gasteiger charge is 2.09. The van der Waals surface area contributed by atoms with Crippen LogP contribution in [0, 0.1) is 6.92 Å². The second kappa shape index (κ2) is 6.48. The average Bonchev–Trinajstić information content (AvgIpc) is 2.47. The lowest BCUT2D eigenvalue weighted by Gasteiger charge is -1.99. The van der Waals surface area contributed by atoms with Gasteiger partial charge in [-0.25, -0.2) is 9.59 Å². The van der Waals surface area contributed by atoms with Crippen LogP contribution in [0.1, 0.15) is 21.5 Å². The van der Waals surface area contributed by atoms with E-state index >= 15 is 0 Å². The van der Waals surface area contributed by atoms with E-state index in [1.807, 2.05) is 31.2 Å². The minimum atomic E-state index is -0.681. The van der Waals surface area contributed by atoms with E-state index in [-0.39, 0.29) is 0 Å². The molecular weight excluding hydrogens is 252 g/mol. The van der Waals surface area contributed by atoms with Crippen LogP contribution in [0.25, 0.3) is 6.08 Å². The second-order valence-corrected chi connectivity index (χ2v) is 4.32. The summed E-state index contributed by atoms with van der Waals surface area (Å²) in [5.41, 5.74) is 2.37. The van der Waals surface area contributed by atoms with Gasteiger partial charge in [0.05, 0.1) is 5.56 Å². The number of carbonyl (C=O) groups excluding carboxylic acids is 2. The molecule has 0 amide bonds. The van der Waals surface area contributed by atoms with Gasteiger partial charge in [0.1, 0.15) is 0 Å². The number of rotatable bonds is 3. The number of ether oxygens (including phenoxy) is 1. The molecule has 0 saturated carbocycles. The van der Waals surface area contributed by atoms with Crippen LogP contribution < -0.4 is 0 Å². The van der Waals surface area contributed by atoms with Gasteiger partial charge in [-0.15, -0.1) is 0 Å². The Balaban J connectivity index is 1.96. The molecule has 2 aromatic carbocycles. The predicted molar refractivity (Wildman–Crippen MR) is 77.1 cm³/mol. The Morgan fingerprint density at radius 3 is 2.25 bits per heavy atom. The topological polar surface area (TPSA) is 43.4 Å². The van der Waals surface area contributed by atoms with Gasteiger partial charge in [0.25, 0.3) is 0 Å². The van der Waals surface area contributed by atoms with Gasteiger partial charge in [0.15, 0.2) is 0 Å². The van der Waals surface area contributed by atoms with Gasteiger partial charge in [-0.2, -0.15) is 0 Å². The molecule has 0 radical (unpaired) electrons. The lowest BCUT2D eigenvalue weighted by atomic mass is 10.1. The Bertz CT molecular complexity index is 625. The van der Waals surface area contributed by atoms with E-state index in [9.17, 15) is 9.59 Å². The number of carbonyl (C=O) groups is 2. The highest BCUT2D eigenvalue weighted by molar-refractivity contribution is 6.01. The molecule has 0 aliphatic heterocycles. The minimum Gasteiger partial charge on any atom is -0.386 e. The molecule has 100 valence electrons. The number of aryl methyl sites for hydroxylation is 1. The normalized spacial score (nSPS) is 10.4. The van der Waals surface area contributed by atoms with E-state index in [4.69, 9.17) is 4.74 Å². The monoisotopic (exact) mass is 266 g/mol. The maximum atomic E-state index is 11.6. The molecular formula is C17H14O3. The van der Waals surface area contributed by atoms with Gasteiger partial charge in [-0.3, -0.25) is 0 Å². The van der Waals surface area contributed by atoms with Crippen LogP contribution in [-0.4, -0.2) is 11.9 Å². The SMILES string of the molecule is Cc1ccc(C=CC(=O)OC(=O)c2ccccc2)cc1. The largest absolute Gasteiger partial charge is 0.386 e. The molecule has 0 fully saturated rings. The first-order chi connectivity index (χ1) is 9.65. The van der Waals surface area contributed by atoms with Crippen molar-refractivity contribution in [2.45, 2.75) is 6.92 Å². The van der Waals surface area contributed by atoms with Crippen molar-refractivity contribution in [2.24, 2.45) is 0 Å². The quantitative estimate of drug-likeness (QED) is 0.486. The number of esters is 2. The summed E-state index contributed by atoms with van der Waals surface area (Å²) in [6.45, 7) is 1.99. The van der Waals surface area contributed by atoms with Gasteiger partial charge in [-0.1, -0.05) is 48.0 Å². The average molecular weight is 266 g/mol. The molecule has 0 unspecified atom stereocenters. The van der Waals surface area contributed by atoms with Gasteiger partial charge in [-0.05, 0) is 30.7 Å². The molecule has 2 rings (SSSR count). The van der Waals surface area contributed by atoms with Crippen LogP contribution in [0.3, 0.4) is 0 Å². The predicted octanol–water partition coefficient (Wildman–Crippen LogP) is 3.39. The van der Waals surface area contributed by atoms with Gasteiger partial charge < -0.3 is 4.74 Å². The summed E-state index contributed by atoms with van der Waals surface area (Å²) in [5, 5.41) is 0. The lowest BCUT2D eigenvalue weighted by Crippen LogP contribution is -2.10. The van der Waals surface area contributed by atoms with Crippen molar-refractivity contribution in [1.82, 2.24) is 0 Å². The third kappa shape index (κ3) is 3.92. The van der Waals surface area contributed by atoms with Crippen molar-refractivity contribution >= 4 is 18.0 Å². The summed E-state index contributed by atoms with van der Waals surface area (Å²) in [7, 11) is 0. The lowest BCUT2D eigenvalue weighted by molar-refractivity contribution is -0.132. The molecule has 0 bridgehead atoms. The Kier molecular flexibility index (Phi) is 4.45. The van der Waals surface area contributed by atoms with Crippen molar-refractivity contribution in [3.05, 3.63) is 77.4 Å². The first kappa shape index (κ1) is 13.7. The molecule has 0 atom stereocenters. The van der Waals surface area contributed by atoms with Crippen molar-refractivity contribution in [3.63, 3.8) is 0 Å². The standard InChI is InChI=1S/C17H14O3/c1-13-7-9-14(10-8-13)11-12-16(18)20-17(19)15-5-3-2-4-6-15/h2-12H,1H3. The molecule has 0 spiro atoms. The van der Waals surface area contributed by atoms with E-state index in [1.54, 1.807) is 36.4 Å². The highest BCUT2D eigenvalue weighted by Crippen LogP contribution is 2.06. The van der Waals surface area contributed by atoms with E-state index < -0.39 is 11.9 Å². The minimum absolute atomic E-state index is 0.351. The Hall–Kier alpha value is -2.68. The van der Waals surface area contributed by atoms with Crippen LogP contribution in [0.2, 0.25) is 0 Å². The first-order valence-corrected chi connectivity index (χ1v) is 6.21. The van der Waals surface area contributed by atoms with Crippen LogP contribution >= 0.6 is 0 Å². The Morgan fingerprint density at radius 1 is 0.950 bits per heavy atom. The molecule has 0 saturated heterocycles. The molecule has 0 aromatic heterocycles. The van der Waals surface area contributed by atoms with Gasteiger partial charge in [0.2, 0.25) is 0 Å². The zero-order valence-corrected chi connectivity index (χ0v) is 11.1. The van der Waals surface area contributed by atoms with E-state index in [2.05, 4.69) is 0 Å². The fraction of sp³-hybridized carbons (Fsp3) is 0.0588. The fourth-order valence-corrected chi connectivity index (χ4v) is 1.60. The summed E-state index contributed by atoms with van der Waals surface area (Å²) in [6, 6.07) is 16.1. The first-order valence-electron chi connectivity index (χ1n) is 6.21. The van der Waals surface area contributed by atoms with Crippen LogP contribution in [-0.2, 0) is 9.53 Å². The van der Waals surface area contributed by atoms with Gasteiger partial charge in [0, 0.05) is 6.08 Å². The van der Waals surface area contributed by atoms with Gasteiger partial charge >= 0.3 is 11.9 Å². The summed E-state index contributed by atoms with van der Waals surface area (Å²) in [6.07, 6.45) is 2.85.